The number of thiazole rings is 1. The van der Waals surface area contributed by atoms with Gasteiger partial charge in [0.05, 0.1) is 17.4 Å². The minimum absolute atomic E-state index is 0.0108. The fourth-order valence-corrected chi connectivity index (χ4v) is 4.07. The fraction of sp³-hybridized carbons (Fsp3) is 0.190. The minimum Gasteiger partial charge on any atom is -0.337 e. The molecule has 0 aliphatic carbocycles. The Labute approximate surface area is 167 Å². The SMILES string of the molecule is Cc1cc(C(=O)N(C)Cc2cnn(-c3ccccc3)c2)c(C)n1-c1nccs1. The molecule has 0 aliphatic rings. The van der Waals surface area contributed by atoms with E-state index in [4.69, 9.17) is 0 Å². The van der Waals surface area contributed by atoms with Crippen LogP contribution in [0.4, 0.5) is 0 Å². The quantitative estimate of drug-likeness (QED) is 0.517. The van der Waals surface area contributed by atoms with Crippen LogP contribution in [0, 0.1) is 13.8 Å². The average Bonchev–Trinajstić information content (AvgIpc) is 3.43. The second-order valence-electron chi connectivity index (χ2n) is 6.72. The van der Waals surface area contributed by atoms with E-state index in [1.54, 1.807) is 28.6 Å². The molecule has 3 heterocycles. The molecule has 6 nitrogen and oxygen atoms in total. The van der Waals surface area contributed by atoms with Gasteiger partial charge in [0, 0.05) is 48.3 Å². The highest BCUT2D eigenvalue weighted by Gasteiger charge is 2.21. The van der Waals surface area contributed by atoms with Crippen molar-refractivity contribution in [2.75, 3.05) is 7.05 Å². The molecule has 0 bridgehead atoms. The maximum atomic E-state index is 13.1. The number of nitrogens with zero attached hydrogens (tertiary/aromatic N) is 5. The van der Waals surface area contributed by atoms with E-state index in [1.807, 2.05) is 78.1 Å². The first kappa shape index (κ1) is 18.2. The zero-order valence-electron chi connectivity index (χ0n) is 16.0. The summed E-state index contributed by atoms with van der Waals surface area (Å²) >= 11 is 1.56. The molecule has 7 heteroatoms. The number of rotatable bonds is 5. The first-order valence-electron chi connectivity index (χ1n) is 8.98. The summed E-state index contributed by atoms with van der Waals surface area (Å²) in [6.07, 6.45) is 5.53. The standard InChI is InChI=1S/C21H21N5OS/c1-15-11-19(16(2)26(15)21-22-9-10-28-21)20(27)24(3)13-17-12-23-25(14-17)18-7-5-4-6-8-18/h4-12,14H,13H2,1-3H3. The van der Waals surface area contributed by atoms with Crippen LogP contribution in [-0.2, 0) is 6.54 Å². The Balaban J connectivity index is 1.53. The van der Waals surface area contributed by atoms with E-state index in [2.05, 4.69) is 10.1 Å². The number of hydrogen-bond donors (Lipinski definition) is 0. The summed E-state index contributed by atoms with van der Waals surface area (Å²) < 4.78 is 3.85. The van der Waals surface area contributed by atoms with Gasteiger partial charge in [-0.25, -0.2) is 9.67 Å². The zero-order chi connectivity index (χ0) is 19.7. The summed E-state index contributed by atoms with van der Waals surface area (Å²) in [5, 5.41) is 7.22. The van der Waals surface area contributed by atoms with E-state index in [0.717, 1.165) is 27.8 Å². The first-order chi connectivity index (χ1) is 13.5. The molecular formula is C21H21N5OS. The Morgan fingerprint density at radius 2 is 2.00 bits per heavy atom. The monoisotopic (exact) mass is 391 g/mol. The van der Waals surface area contributed by atoms with Gasteiger partial charge in [0.25, 0.3) is 5.91 Å². The molecule has 0 atom stereocenters. The summed E-state index contributed by atoms with van der Waals surface area (Å²) in [5.41, 5.74) is 4.58. The molecular weight excluding hydrogens is 370 g/mol. The van der Waals surface area contributed by atoms with Crippen LogP contribution in [-0.4, -0.2) is 37.2 Å². The van der Waals surface area contributed by atoms with E-state index in [9.17, 15) is 4.79 Å². The second-order valence-corrected chi connectivity index (χ2v) is 7.60. The van der Waals surface area contributed by atoms with Crippen molar-refractivity contribution in [2.45, 2.75) is 20.4 Å². The summed E-state index contributed by atoms with van der Waals surface area (Å²) in [6.45, 7) is 4.45. The molecule has 0 radical (unpaired) electrons. The van der Waals surface area contributed by atoms with Gasteiger partial charge in [-0.3, -0.25) is 9.36 Å². The Bertz CT molecular complexity index is 1100. The lowest BCUT2D eigenvalue weighted by atomic mass is 10.2. The smallest absolute Gasteiger partial charge is 0.255 e. The van der Waals surface area contributed by atoms with Crippen LogP contribution in [0.3, 0.4) is 0 Å². The number of carbonyl (C=O) groups excluding carboxylic acids is 1. The van der Waals surface area contributed by atoms with Crippen molar-refractivity contribution in [1.82, 2.24) is 24.2 Å². The van der Waals surface area contributed by atoms with Crippen molar-refractivity contribution in [3.8, 4) is 10.8 Å². The number of hydrogen-bond acceptors (Lipinski definition) is 4. The molecule has 0 saturated carbocycles. The summed E-state index contributed by atoms with van der Waals surface area (Å²) in [4.78, 5) is 19.1. The van der Waals surface area contributed by atoms with Gasteiger partial charge in [-0.2, -0.15) is 5.10 Å². The maximum Gasteiger partial charge on any atom is 0.255 e. The molecule has 1 amide bonds. The van der Waals surface area contributed by atoms with Crippen LogP contribution in [0.1, 0.15) is 27.3 Å². The van der Waals surface area contributed by atoms with Gasteiger partial charge in [0.1, 0.15) is 0 Å². The second kappa shape index (κ2) is 7.44. The van der Waals surface area contributed by atoms with Gasteiger partial charge in [0.2, 0.25) is 0 Å². The molecule has 0 N–H and O–H groups in total. The predicted molar refractivity (Wildman–Crippen MR) is 110 cm³/mol. The molecule has 142 valence electrons. The zero-order valence-corrected chi connectivity index (χ0v) is 16.8. The summed E-state index contributed by atoms with van der Waals surface area (Å²) in [5.74, 6) is -0.0108. The van der Waals surface area contributed by atoms with Crippen LogP contribution in [0.25, 0.3) is 10.8 Å². The largest absolute Gasteiger partial charge is 0.337 e. The third-order valence-electron chi connectivity index (χ3n) is 4.70. The van der Waals surface area contributed by atoms with Crippen LogP contribution in [0.2, 0.25) is 0 Å². The van der Waals surface area contributed by atoms with Gasteiger partial charge in [-0.1, -0.05) is 18.2 Å². The highest BCUT2D eigenvalue weighted by Crippen LogP contribution is 2.23. The third-order valence-corrected chi connectivity index (χ3v) is 5.45. The number of carbonyl (C=O) groups is 1. The number of aromatic nitrogens is 4. The highest BCUT2D eigenvalue weighted by molar-refractivity contribution is 7.12. The Hall–Kier alpha value is -3.19. The molecule has 1 aromatic carbocycles. The van der Waals surface area contributed by atoms with Crippen molar-refractivity contribution in [3.05, 3.63) is 82.9 Å². The van der Waals surface area contributed by atoms with E-state index >= 15 is 0 Å². The van der Waals surface area contributed by atoms with Gasteiger partial charge < -0.3 is 4.90 Å². The molecule has 0 aliphatic heterocycles. The van der Waals surface area contributed by atoms with E-state index in [-0.39, 0.29) is 5.91 Å². The van der Waals surface area contributed by atoms with Crippen molar-refractivity contribution in [3.63, 3.8) is 0 Å². The van der Waals surface area contributed by atoms with Crippen molar-refractivity contribution in [1.29, 1.82) is 0 Å². The van der Waals surface area contributed by atoms with Crippen LogP contribution < -0.4 is 0 Å². The van der Waals surface area contributed by atoms with Crippen molar-refractivity contribution < 1.29 is 4.79 Å². The fourth-order valence-electron chi connectivity index (χ4n) is 3.31. The molecule has 4 aromatic rings. The molecule has 0 saturated heterocycles. The van der Waals surface area contributed by atoms with Crippen LogP contribution in [0.5, 0.6) is 0 Å². The first-order valence-corrected chi connectivity index (χ1v) is 9.86. The normalized spacial score (nSPS) is 11.0. The maximum absolute atomic E-state index is 13.1. The predicted octanol–water partition coefficient (Wildman–Crippen LogP) is 4.01. The Morgan fingerprint density at radius 1 is 1.21 bits per heavy atom. The average molecular weight is 392 g/mol. The number of aryl methyl sites for hydroxylation is 1. The molecule has 28 heavy (non-hydrogen) atoms. The summed E-state index contributed by atoms with van der Waals surface area (Å²) in [6, 6.07) is 11.9. The van der Waals surface area contributed by atoms with Crippen LogP contribution >= 0.6 is 11.3 Å². The number of para-hydroxylation sites is 1. The molecule has 3 aromatic heterocycles. The molecule has 4 rings (SSSR count). The lowest BCUT2D eigenvalue weighted by molar-refractivity contribution is 0.0784. The van der Waals surface area contributed by atoms with Gasteiger partial charge in [-0.15, -0.1) is 11.3 Å². The third kappa shape index (κ3) is 3.36. The van der Waals surface area contributed by atoms with Crippen LogP contribution in [0.15, 0.2) is 60.4 Å². The van der Waals surface area contributed by atoms with E-state index in [0.29, 0.717) is 12.1 Å². The van der Waals surface area contributed by atoms with E-state index < -0.39 is 0 Å². The van der Waals surface area contributed by atoms with Crippen molar-refractivity contribution >= 4 is 17.2 Å². The van der Waals surface area contributed by atoms with E-state index in [1.165, 1.54) is 0 Å². The number of amides is 1. The topological polar surface area (TPSA) is 56.0 Å². The Morgan fingerprint density at radius 3 is 2.71 bits per heavy atom. The minimum atomic E-state index is -0.0108. The molecule has 0 spiro atoms. The lowest BCUT2D eigenvalue weighted by Crippen LogP contribution is -2.26. The van der Waals surface area contributed by atoms with Gasteiger partial charge in [-0.05, 0) is 32.0 Å². The molecule has 0 unspecified atom stereocenters. The van der Waals surface area contributed by atoms with Crippen molar-refractivity contribution in [2.24, 2.45) is 0 Å². The molecule has 0 fully saturated rings. The highest BCUT2D eigenvalue weighted by atomic mass is 32.1. The van der Waals surface area contributed by atoms with Gasteiger partial charge >= 0.3 is 0 Å². The number of benzene rings is 1. The Kier molecular flexibility index (Phi) is 4.83. The summed E-state index contributed by atoms with van der Waals surface area (Å²) in [7, 11) is 1.82. The van der Waals surface area contributed by atoms with Gasteiger partial charge in [0.15, 0.2) is 5.13 Å². The lowest BCUT2D eigenvalue weighted by Gasteiger charge is -2.16.